The van der Waals surface area contributed by atoms with Crippen molar-refractivity contribution in [2.24, 2.45) is 5.73 Å². The van der Waals surface area contributed by atoms with Gasteiger partial charge in [0.2, 0.25) is 0 Å². The van der Waals surface area contributed by atoms with Gasteiger partial charge < -0.3 is 15.5 Å². The average Bonchev–Trinajstić information content (AvgIpc) is 2.17. The van der Waals surface area contributed by atoms with Gasteiger partial charge in [0.05, 0.1) is 0 Å². The molecule has 1 fully saturated rings. The van der Waals surface area contributed by atoms with Crippen LogP contribution >= 0.6 is 0 Å². The van der Waals surface area contributed by atoms with Crippen LogP contribution < -0.4 is 5.73 Å². The highest BCUT2D eigenvalue weighted by atomic mass is 15.2. The summed E-state index contributed by atoms with van der Waals surface area (Å²) in [6.07, 6.45) is 1.29. The van der Waals surface area contributed by atoms with Crippen LogP contribution in [0.25, 0.3) is 0 Å². The smallest absolute Gasteiger partial charge is 0.0110 e. The molecule has 0 aromatic heterocycles. The lowest BCUT2D eigenvalue weighted by Gasteiger charge is -2.18. The molecule has 0 unspecified atom stereocenters. The molecule has 0 spiro atoms. The first-order valence-electron chi connectivity index (χ1n) is 4.44. The number of hydrogen-bond acceptors (Lipinski definition) is 3. The lowest BCUT2D eigenvalue weighted by molar-refractivity contribution is 0.283. The quantitative estimate of drug-likeness (QED) is 0.591. The van der Waals surface area contributed by atoms with E-state index >= 15 is 0 Å². The van der Waals surface area contributed by atoms with Gasteiger partial charge in [-0.15, -0.1) is 0 Å². The molecule has 11 heavy (non-hydrogen) atoms. The van der Waals surface area contributed by atoms with Crippen molar-refractivity contribution in [3.05, 3.63) is 0 Å². The second-order valence-electron chi connectivity index (χ2n) is 3.29. The highest BCUT2D eigenvalue weighted by Crippen LogP contribution is 1.99. The van der Waals surface area contributed by atoms with E-state index in [1.54, 1.807) is 0 Å². The van der Waals surface area contributed by atoms with E-state index in [-0.39, 0.29) is 0 Å². The third-order valence-corrected chi connectivity index (χ3v) is 2.26. The zero-order valence-electron chi connectivity index (χ0n) is 7.42. The van der Waals surface area contributed by atoms with E-state index in [0.29, 0.717) is 0 Å². The second kappa shape index (κ2) is 4.70. The van der Waals surface area contributed by atoms with Crippen LogP contribution in [0.5, 0.6) is 0 Å². The van der Waals surface area contributed by atoms with Gasteiger partial charge >= 0.3 is 0 Å². The van der Waals surface area contributed by atoms with Crippen molar-refractivity contribution >= 4 is 0 Å². The van der Waals surface area contributed by atoms with Crippen molar-refractivity contribution in [3.63, 3.8) is 0 Å². The van der Waals surface area contributed by atoms with Gasteiger partial charge in [0.15, 0.2) is 0 Å². The monoisotopic (exact) mass is 157 g/mol. The van der Waals surface area contributed by atoms with Crippen molar-refractivity contribution in [1.82, 2.24) is 9.80 Å². The van der Waals surface area contributed by atoms with E-state index in [9.17, 15) is 0 Å². The van der Waals surface area contributed by atoms with Crippen molar-refractivity contribution in [2.45, 2.75) is 6.42 Å². The summed E-state index contributed by atoms with van der Waals surface area (Å²) in [7, 11) is 2.19. The minimum atomic E-state index is 0.795. The Morgan fingerprint density at radius 1 is 1.18 bits per heavy atom. The Bertz CT molecular complexity index is 106. The molecular formula is C8H19N3. The fourth-order valence-corrected chi connectivity index (χ4v) is 1.51. The second-order valence-corrected chi connectivity index (χ2v) is 3.29. The highest BCUT2D eigenvalue weighted by Gasteiger charge is 2.09. The fourth-order valence-electron chi connectivity index (χ4n) is 1.51. The standard InChI is InChI=1S/C8H19N3/c1-10-4-2-5-11(6-3-9)8-7-10/h2-9H2,1H3. The Morgan fingerprint density at radius 3 is 2.73 bits per heavy atom. The third kappa shape index (κ3) is 3.18. The maximum atomic E-state index is 5.49. The first-order chi connectivity index (χ1) is 5.33. The molecule has 0 bridgehead atoms. The summed E-state index contributed by atoms with van der Waals surface area (Å²) in [5.74, 6) is 0. The Balaban J connectivity index is 2.22. The predicted molar refractivity (Wildman–Crippen MR) is 47.6 cm³/mol. The summed E-state index contributed by atoms with van der Waals surface area (Å²) in [6, 6.07) is 0. The Kier molecular flexibility index (Phi) is 3.83. The summed E-state index contributed by atoms with van der Waals surface area (Å²) in [5, 5.41) is 0. The zero-order valence-corrected chi connectivity index (χ0v) is 7.42. The summed E-state index contributed by atoms with van der Waals surface area (Å²) < 4.78 is 0. The van der Waals surface area contributed by atoms with Crippen LogP contribution in [0.2, 0.25) is 0 Å². The number of likely N-dealkylation sites (N-methyl/N-ethyl adjacent to an activating group) is 1. The molecule has 66 valence electrons. The average molecular weight is 157 g/mol. The molecule has 0 amide bonds. The van der Waals surface area contributed by atoms with Crippen molar-refractivity contribution in [2.75, 3.05) is 46.3 Å². The van der Waals surface area contributed by atoms with Gasteiger partial charge in [-0.3, -0.25) is 0 Å². The number of hydrogen-bond donors (Lipinski definition) is 1. The Hall–Kier alpha value is -0.120. The van der Waals surface area contributed by atoms with Crippen LogP contribution in [0.3, 0.4) is 0 Å². The molecule has 3 nitrogen and oxygen atoms in total. The lowest BCUT2D eigenvalue weighted by Crippen LogP contribution is -2.32. The summed E-state index contributed by atoms with van der Waals surface area (Å²) in [4.78, 5) is 4.83. The molecule has 0 radical (unpaired) electrons. The molecule has 1 aliphatic rings. The maximum absolute atomic E-state index is 5.49. The fraction of sp³-hybridized carbons (Fsp3) is 1.00. The Labute approximate surface area is 69.1 Å². The summed E-state index contributed by atoms with van der Waals surface area (Å²) in [6.45, 7) is 6.70. The van der Waals surface area contributed by atoms with E-state index in [2.05, 4.69) is 16.8 Å². The van der Waals surface area contributed by atoms with Crippen molar-refractivity contribution in [1.29, 1.82) is 0 Å². The SMILES string of the molecule is CN1CCCN(CCN)CC1. The van der Waals surface area contributed by atoms with Crippen LogP contribution in [-0.4, -0.2) is 56.1 Å². The van der Waals surface area contributed by atoms with Crippen LogP contribution in [0.15, 0.2) is 0 Å². The van der Waals surface area contributed by atoms with Gasteiger partial charge in [-0.1, -0.05) is 0 Å². The molecule has 0 saturated carbocycles. The van der Waals surface area contributed by atoms with Crippen LogP contribution in [-0.2, 0) is 0 Å². The first kappa shape index (κ1) is 8.97. The molecule has 1 aliphatic heterocycles. The molecule has 2 N–H and O–H groups in total. The van der Waals surface area contributed by atoms with E-state index in [0.717, 1.165) is 13.1 Å². The molecule has 0 aliphatic carbocycles. The van der Waals surface area contributed by atoms with Gasteiger partial charge in [-0.05, 0) is 26.6 Å². The molecule has 1 saturated heterocycles. The third-order valence-electron chi connectivity index (χ3n) is 2.26. The normalized spacial score (nSPS) is 23.5. The minimum Gasteiger partial charge on any atom is -0.329 e. The van der Waals surface area contributed by atoms with Crippen LogP contribution in [0.1, 0.15) is 6.42 Å². The van der Waals surface area contributed by atoms with E-state index in [1.165, 1.54) is 32.6 Å². The van der Waals surface area contributed by atoms with Gasteiger partial charge in [-0.2, -0.15) is 0 Å². The topological polar surface area (TPSA) is 32.5 Å². The maximum Gasteiger partial charge on any atom is 0.0110 e. The highest BCUT2D eigenvalue weighted by molar-refractivity contribution is 4.66. The summed E-state index contributed by atoms with van der Waals surface area (Å²) in [5.41, 5.74) is 5.49. The largest absolute Gasteiger partial charge is 0.329 e. The molecular weight excluding hydrogens is 138 g/mol. The molecule has 0 aromatic carbocycles. The van der Waals surface area contributed by atoms with Gasteiger partial charge in [0.25, 0.3) is 0 Å². The summed E-state index contributed by atoms with van der Waals surface area (Å²) >= 11 is 0. The predicted octanol–water partition coefficient (Wildman–Crippen LogP) is -0.417. The molecule has 0 atom stereocenters. The molecule has 1 rings (SSSR count). The van der Waals surface area contributed by atoms with Gasteiger partial charge in [0.1, 0.15) is 0 Å². The first-order valence-corrected chi connectivity index (χ1v) is 4.44. The van der Waals surface area contributed by atoms with Crippen molar-refractivity contribution < 1.29 is 0 Å². The lowest BCUT2D eigenvalue weighted by atomic mass is 10.4. The molecule has 1 heterocycles. The van der Waals surface area contributed by atoms with Crippen LogP contribution in [0.4, 0.5) is 0 Å². The minimum absolute atomic E-state index is 0.795. The van der Waals surface area contributed by atoms with Crippen molar-refractivity contribution in [3.8, 4) is 0 Å². The van der Waals surface area contributed by atoms with E-state index < -0.39 is 0 Å². The van der Waals surface area contributed by atoms with E-state index in [4.69, 9.17) is 5.73 Å². The molecule has 0 aromatic rings. The van der Waals surface area contributed by atoms with E-state index in [1.807, 2.05) is 0 Å². The zero-order chi connectivity index (χ0) is 8.10. The Morgan fingerprint density at radius 2 is 2.00 bits per heavy atom. The van der Waals surface area contributed by atoms with Gasteiger partial charge in [-0.25, -0.2) is 0 Å². The molecule has 3 heteroatoms. The number of rotatable bonds is 2. The number of nitrogens with zero attached hydrogens (tertiary/aromatic N) is 2. The van der Waals surface area contributed by atoms with Crippen LogP contribution in [0, 0.1) is 0 Å². The number of nitrogens with two attached hydrogens (primary N) is 1. The van der Waals surface area contributed by atoms with Gasteiger partial charge in [0, 0.05) is 26.2 Å².